The minimum atomic E-state index is -4.50. The first-order valence-corrected chi connectivity index (χ1v) is 9.54. The van der Waals surface area contributed by atoms with Crippen LogP contribution in [0.5, 0.6) is 11.5 Å². The van der Waals surface area contributed by atoms with Crippen molar-refractivity contribution in [3.8, 4) is 11.5 Å². The van der Waals surface area contributed by atoms with E-state index in [1.165, 1.54) is 36.4 Å². The van der Waals surface area contributed by atoms with Crippen molar-refractivity contribution in [1.29, 1.82) is 0 Å². The van der Waals surface area contributed by atoms with Crippen LogP contribution in [0.2, 0.25) is 0 Å². The van der Waals surface area contributed by atoms with Gasteiger partial charge in [-0.15, -0.1) is 0 Å². The third kappa shape index (κ3) is 5.08. The smallest absolute Gasteiger partial charge is 0.397 e. The minimum absolute atomic E-state index is 0.0180. The molecular weight excluding hydrogens is 414 g/mol. The zero-order valence-electron chi connectivity index (χ0n) is 16.3. The van der Waals surface area contributed by atoms with Crippen molar-refractivity contribution in [3.63, 3.8) is 0 Å². The summed E-state index contributed by atoms with van der Waals surface area (Å²) in [5.41, 5.74) is 1.49. The molecule has 1 N–H and O–H groups in total. The molecule has 162 valence electrons. The normalized spacial score (nSPS) is 13.8. The van der Waals surface area contributed by atoms with E-state index in [4.69, 9.17) is 14.2 Å². The molecular formula is C23H19F4NO3. The van der Waals surface area contributed by atoms with Gasteiger partial charge in [-0.1, -0.05) is 30.3 Å². The second kappa shape index (κ2) is 8.85. The molecule has 0 amide bonds. The number of para-hydroxylation sites is 1. The number of nitrogens with one attached hydrogen (secondary N) is 1. The maximum Gasteiger partial charge on any atom is 0.397 e. The molecule has 0 bridgehead atoms. The zero-order chi connectivity index (χ0) is 21.8. The van der Waals surface area contributed by atoms with Gasteiger partial charge in [-0.05, 0) is 47.5 Å². The number of benzene rings is 3. The standard InChI is InChI=1S/C23H19F4NO3/c24-19-8-6-15(10-20(19)28-17-4-2-1-3-5-17)12-29-13-18(23(25,26)27)16-7-9-21-22(11-16)31-14-30-21/h1-11,18,28H,12-14H2. The van der Waals surface area contributed by atoms with Gasteiger partial charge in [-0.3, -0.25) is 0 Å². The number of anilines is 2. The molecule has 4 nitrogen and oxygen atoms in total. The first kappa shape index (κ1) is 21.0. The van der Waals surface area contributed by atoms with Gasteiger partial charge in [0.2, 0.25) is 6.79 Å². The topological polar surface area (TPSA) is 39.7 Å². The first-order chi connectivity index (χ1) is 14.9. The van der Waals surface area contributed by atoms with Crippen molar-refractivity contribution in [3.05, 3.63) is 83.7 Å². The van der Waals surface area contributed by atoms with Crippen molar-refractivity contribution in [1.82, 2.24) is 0 Å². The number of halogens is 4. The lowest BCUT2D eigenvalue weighted by Crippen LogP contribution is -2.25. The van der Waals surface area contributed by atoms with Crippen LogP contribution in [0, 0.1) is 5.82 Å². The minimum Gasteiger partial charge on any atom is -0.454 e. The third-order valence-corrected chi connectivity index (χ3v) is 4.83. The van der Waals surface area contributed by atoms with E-state index in [-0.39, 0.29) is 30.4 Å². The van der Waals surface area contributed by atoms with Crippen LogP contribution in [0.1, 0.15) is 17.0 Å². The number of alkyl halides is 3. The van der Waals surface area contributed by atoms with Gasteiger partial charge in [0.15, 0.2) is 11.5 Å². The number of ether oxygens (including phenoxy) is 3. The quantitative estimate of drug-likeness (QED) is 0.453. The zero-order valence-corrected chi connectivity index (χ0v) is 16.3. The van der Waals surface area contributed by atoms with Crippen LogP contribution in [0.25, 0.3) is 0 Å². The molecule has 0 aliphatic carbocycles. The van der Waals surface area contributed by atoms with Crippen LogP contribution in [0.4, 0.5) is 28.9 Å². The molecule has 1 aliphatic rings. The van der Waals surface area contributed by atoms with E-state index < -0.39 is 24.5 Å². The largest absolute Gasteiger partial charge is 0.454 e. The maximum absolute atomic E-state index is 14.1. The summed E-state index contributed by atoms with van der Waals surface area (Å²) < 4.78 is 70.7. The highest BCUT2D eigenvalue weighted by atomic mass is 19.4. The molecule has 0 radical (unpaired) electrons. The highest BCUT2D eigenvalue weighted by Crippen LogP contribution is 2.40. The van der Waals surface area contributed by atoms with Crippen LogP contribution in [0.3, 0.4) is 0 Å². The highest BCUT2D eigenvalue weighted by molar-refractivity contribution is 5.60. The Morgan fingerprint density at radius 2 is 1.71 bits per heavy atom. The van der Waals surface area contributed by atoms with E-state index in [9.17, 15) is 17.6 Å². The van der Waals surface area contributed by atoms with Gasteiger partial charge in [0.25, 0.3) is 0 Å². The van der Waals surface area contributed by atoms with E-state index >= 15 is 0 Å². The summed E-state index contributed by atoms with van der Waals surface area (Å²) in [6, 6.07) is 17.4. The molecule has 1 aliphatic heterocycles. The second-order valence-electron chi connectivity index (χ2n) is 7.03. The van der Waals surface area contributed by atoms with Gasteiger partial charge >= 0.3 is 6.18 Å². The van der Waals surface area contributed by atoms with Crippen LogP contribution in [-0.4, -0.2) is 19.6 Å². The molecule has 0 saturated heterocycles. The average Bonchev–Trinajstić information content (AvgIpc) is 3.21. The lowest BCUT2D eigenvalue weighted by Gasteiger charge is -2.21. The van der Waals surface area contributed by atoms with E-state index in [0.29, 0.717) is 17.0 Å². The molecule has 4 rings (SSSR count). The predicted molar refractivity (Wildman–Crippen MR) is 107 cm³/mol. The molecule has 3 aromatic rings. The van der Waals surface area contributed by atoms with Gasteiger partial charge in [-0.2, -0.15) is 13.2 Å². The van der Waals surface area contributed by atoms with Crippen LogP contribution in [-0.2, 0) is 11.3 Å². The SMILES string of the molecule is Fc1ccc(COCC(c2ccc3c(c2)OCO3)C(F)(F)F)cc1Nc1ccccc1. The highest BCUT2D eigenvalue weighted by Gasteiger charge is 2.41. The summed E-state index contributed by atoms with van der Waals surface area (Å²) in [5, 5.41) is 2.95. The summed E-state index contributed by atoms with van der Waals surface area (Å²) in [6.07, 6.45) is -4.50. The van der Waals surface area contributed by atoms with E-state index in [2.05, 4.69) is 5.32 Å². The number of hydrogen-bond donors (Lipinski definition) is 1. The molecule has 8 heteroatoms. The molecule has 0 saturated carbocycles. The molecule has 3 aromatic carbocycles. The van der Waals surface area contributed by atoms with Gasteiger partial charge < -0.3 is 19.5 Å². The molecule has 0 aromatic heterocycles. The fourth-order valence-electron chi connectivity index (χ4n) is 3.24. The Balaban J connectivity index is 1.43. The number of fused-ring (bicyclic) bond motifs is 1. The van der Waals surface area contributed by atoms with Gasteiger partial charge in [0.05, 0.1) is 18.9 Å². The summed E-state index contributed by atoms with van der Waals surface area (Å²) in [4.78, 5) is 0. The van der Waals surface area contributed by atoms with Gasteiger partial charge in [0, 0.05) is 5.69 Å². The Kier molecular flexibility index (Phi) is 5.99. The van der Waals surface area contributed by atoms with Crippen LogP contribution < -0.4 is 14.8 Å². The van der Waals surface area contributed by atoms with Gasteiger partial charge in [-0.25, -0.2) is 4.39 Å². The van der Waals surface area contributed by atoms with Gasteiger partial charge in [0.1, 0.15) is 11.7 Å². The lowest BCUT2D eigenvalue weighted by atomic mass is 9.99. The predicted octanol–water partition coefficient (Wildman–Crippen LogP) is 6.16. The average molecular weight is 433 g/mol. The first-order valence-electron chi connectivity index (χ1n) is 9.54. The fourth-order valence-corrected chi connectivity index (χ4v) is 3.24. The molecule has 1 unspecified atom stereocenters. The van der Waals surface area contributed by atoms with Crippen molar-refractivity contribution in [2.75, 3.05) is 18.7 Å². The van der Waals surface area contributed by atoms with E-state index in [1.54, 1.807) is 24.3 Å². The Morgan fingerprint density at radius 3 is 2.48 bits per heavy atom. The molecule has 1 heterocycles. The molecule has 31 heavy (non-hydrogen) atoms. The lowest BCUT2D eigenvalue weighted by molar-refractivity contribution is -0.163. The summed E-state index contributed by atoms with van der Waals surface area (Å²) in [5.74, 6) is -1.61. The van der Waals surface area contributed by atoms with Crippen molar-refractivity contribution < 1.29 is 31.8 Å². The molecule has 1 atom stereocenters. The Labute approximate surface area is 176 Å². The second-order valence-corrected chi connectivity index (χ2v) is 7.03. The van der Waals surface area contributed by atoms with E-state index in [1.807, 2.05) is 6.07 Å². The molecule has 0 spiro atoms. The summed E-state index contributed by atoms with van der Waals surface area (Å²) in [7, 11) is 0. The Morgan fingerprint density at radius 1 is 0.935 bits per heavy atom. The Hall–Kier alpha value is -3.26. The third-order valence-electron chi connectivity index (χ3n) is 4.83. The monoisotopic (exact) mass is 433 g/mol. The van der Waals surface area contributed by atoms with Crippen molar-refractivity contribution >= 4 is 11.4 Å². The number of hydrogen-bond acceptors (Lipinski definition) is 4. The van der Waals surface area contributed by atoms with Crippen LogP contribution in [0.15, 0.2) is 66.7 Å². The van der Waals surface area contributed by atoms with Crippen LogP contribution >= 0.6 is 0 Å². The number of rotatable bonds is 7. The summed E-state index contributed by atoms with van der Waals surface area (Å²) in [6.45, 7) is -0.696. The maximum atomic E-state index is 14.1. The van der Waals surface area contributed by atoms with Crippen molar-refractivity contribution in [2.24, 2.45) is 0 Å². The van der Waals surface area contributed by atoms with Crippen molar-refractivity contribution in [2.45, 2.75) is 18.7 Å². The summed E-state index contributed by atoms with van der Waals surface area (Å²) >= 11 is 0. The fraction of sp³-hybridized carbons (Fsp3) is 0.217. The Bertz CT molecular complexity index is 1040. The molecule has 0 fully saturated rings. The van der Waals surface area contributed by atoms with E-state index in [0.717, 1.165) is 0 Å².